The normalized spacial score (nSPS) is 15.7. The average Bonchev–Trinajstić information content (AvgIpc) is 3.19. The molecule has 1 aliphatic heterocycles. The second kappa shape index (κ2) is 8.66. The van der Waals surface area contributed by atoms with Gasteiger partial charge in [0.1, 0.15) is 10.1 Å². The number of hydrogen-bond acceptors (Lipinski definition) is 5. The Morgan fingerprint density at radius 2 is 2.19 bits per heavy atom. The molecule has 0 unspecified atom stereocenters. The van der Waals surface area contributed by atoms with Crippen molar-refractivity contribution in [2.45, 2.75) is 12.8 Å². The standard InChI is InChI=1S/C18H15BrN2O3S2/c19-12-4-1-5-13(10-12)20-16(22)7-2-8-21-17(23)15(26-18(21)25)11-14-6-3-9-24-14/h1,3-6,9-11H,2,7-8H2,(H,20,22)/b15-11-. The highest BCUT2D eigenvalue weighted by Crippen LogP contribution is 2.32. The van der Waals surface area contributed by atoms with E-state index in [0.717, 1.165) is 10.2 Å². The third-order valence-corrected chi connectivity index (χ3v) is 5.46. The minimum Gasteiger partial charge on any atom is -0.465 e. The molecule has 26 heavy (non-hydrogen) atoms. The van der Waals surface area contributed by atoms with Crippen molar-refractivity contribution in [2.24, 2.45) is 0 Å². The molecule has 3 rings (SSSR count). The Hall–Kier alpha value is -1.90. The van der Waals surface area contributed by atoms with Gasteiger partial charge >= 0.3 is 0 Å². The molecule has 1 aromatic heterocycles. The summed E-state index contributed by atoms with van der Waals surface area (Å²) >= 11 is 9.89. The molecule has 0 spiro atoms. The molecule has 134 valence electrons. The molecule has 0 radical (unpaired) electrons. The number of amides is 2. The summed E-state index contributed by atoms with van der Waals surface area (Å²) in [6, 6.07) is 10.9. The molecule has 1 N–H and O–H groups in total. The zero-order valence-electron chi connectivity index (χ0n) is 13.6. The van der Waals surface area contributed by atoms with Crippen LogP contribution in [0, 0.1) is 0 Å². The molecule has 0 atom stereocenters. The van der Waals surface area contributed by atoms with Crippen LogP contribution in [0.4, 0.5) is 5.69 Å². The van der Waals surface area contributed by atoms with Crippen LogP contribution in [0.25, 0.3) is 6.08 Å². The number of thiocarbonyl (C=S) groups is 1. The lowest BCUT2D eigenvalue weighted by molar-refractivity contribution is -0.122. The Balaban J connectivity index is 1.51. The van der Waals surface area contributed by atoms with E-state index in [1.807, 2.05) is 24.3 Å². The maximum absolute atomic E-state index is 12.4. The number of benzene rings is 1. The monoisotopic (exact) mass is 450 g/mol. The highest BCUT2D eigenvalue weighted by atomic mass is 79.9. The first kappa shape index (κ1) is 18.9. The number of carbonyl (C=O) groups excluding carboxylic acids is 2. The summed E-state index contributed by atoms with van der Waals surface area (Å²) in [7, 11) is 0. The number of carbonyl (C=O) groups is 2. The molecule has 5 nitrogen and oxygen atoms in total. The topological polar surface area (TPSA) is 62.6 Å². The Morgan fingerprint density at radius 3 is 2.92 bits per heavy atom. The van der Waals surface area contributed by atoms with E-state index in [1.165, 1.54) is 16.7 Å². The lowest BCUT2D eigenvalue weighted by Crippen LogP contribution is -2.29. The highest BCUT2D eigenvalue weighted by Gasteiger charge is 2.31. The zero-order valence-corrected chi connectivity index (χ0v) is 16.8. The van der Waals surface area contributed by atoms with Gasteiger partial charge in [0, 0.05) is 29.2 Å². The van der Waals surface area contributed by atoms with Gasteiger partial charge in [0.05, 0.1) is 11.2 Å². The summed E-state index contributed by atoms with van der Waals surface area (Å²) in [5, 5.41) is 2.83. The van der Waals surface area contributed by atoms with E-state index in [2.05, 4.69) is 21.2 Å². The van der Waals surface area contributed by atoms with E-state index in [4.69, 9.17) is 16.6 Å². The average molecular weight is 451 g/mol. The zero-order chi connectivity index (χ0) is 18.5. The van der Waals surface area contributed by atoms with Gasteiger partial charge in [-0.3, -0.25) is 14.5 Å². The minimum absolute atomic E-state index is 0.0975. The maximum Gasteiger partial charge on any atom is 0.266 e. The number of thioether (sulfide) groups is 1. The molecular weight excluding hydrogens is 436 g/mol. The third kappa shape index (κ3) is 4.84. The minimum atomic E-state index is -0.149. The van der Waals surface area contributed by atoms with Crippen LogP contribution >= 0.6 is 39.9 Å². The van der Waals surface area contributed by atoms with Gasteiger partial charge in [-0.25, -0.2) is 0 Å². The summed E-state index contributed by atoms with van der Waals surface area (Å²) in [5.41, 5.74) is 0.733. The van der Waals surface area contributed by atoms with Crippen molar-refractivity contribution >= 4 is 67.8 Å². The van der Waals surface area contributed by atoms with Crippen molar-refractivity contribution in [1.29, 1.82) is 0 Å². The fourth-order valence-electron chi connectivity index (χ4n) is 2.38. The SMILES string of the molecule is O=C(CCCN1C(=O)/C(=C/c2ccco2)SC1=S)Nc1cccc(Br)c1. The Kier molecular flexibility index (Phi) is 6.29. The third-order valence-electron chi connectivity index (χ3n) is 3.58. The molecule has 0 saturated carbocycles. The van der Waals surface area contributed by atoms with E-state index in [1.54, 1.807) is 24.5 Å². The second-order valence-electron chi connectivity index (χ2n) is 5.51. The smallest absolute Gasteiger partial charge is 0.266 e. The molecule has 1 saturated heterocycles. The predicted octanol–water partition coefficient (Wildman–Crippen LogP) is 4.66. The van der Waals surface area contributed by atoms with Crippen molar-refractivity contribution in [1.82, 2.24) is 4.90 Å². The van der Waals surface area contributed by atoms with Crippen molar-refractivity contribution in [3.8, 4) is 0 Å². The van der Waals surface area contributed by atoms with E-state index >= 15 is 0 Å². The van der Waals surface area contributed by atoms with Crippen LogP contribution in [0.1, 0.15) is 18.6 Å². The number of hydrogen-bond donors (Lipinski definition) is 1. The van der Waals surface area contributed by atoms with Gasteiger partial charge in [0.25, 0.3) is 5.91 Å². The predicted molar refractivity (Wildman–Crippen MR) is 111 cm³/mol. The van der Waals surface area contributed by atoms with Gasteiger partial charge in [0.2, 0.25) is 5.91 Å². The van der Waals surface area contributed by atoms with Gasteiger partial charge < -0.3 is 9.73 Å². The van der Waals surface area contributed by atoms with E-state index < -0.39 is 0 Å². The molecular formula is C18H15BrN2O3S2. The van der Waals surface area contributed by atoms with Gasteiger partial charge in [0.15, 0.2) is 0 Å². The number of halogens is 1. The number of nitrogens with zero attached hydrogens (tertiary/aromatic N) is 1. The van der Waals surface area contributed by atoms with E-state index in [9.17, 15) is 9.59 Å². The van der Waals surface area contributed by atoms with E-state index in [-0.39, 0.29) is 11.8 Å². The van der Waals surface area contributed by atoms with Crippen LogP contribution in [-0.2, 0) is 9.59 Å². The number of rotatable bonds is 6. The lowest BCUT2D eigenvalue weighted by Gasteiger charge is -2.14. The first-order chi connectivity index (χ1) is 12.5. The Morgan fingerprint density at radius 1 is 1.35 bits per heavy atom. The summed E-state index contributed by atoms with van der Waals surface area (Å²) in [6.07, 6.45) is 4.07. The molecule has 1 aromatic carbocycles. The fourth-order valence-corrected chi connectivity index (χ4v) is 4.07. The Labute approximate surface area is 168 Å². The van der Waals surface area contributed by atoms with Crippen LogP contribution in [-0.4, -0.2) is 27.6 Å². The molecule has 2 aromatic rings. The number of furan rings is 1. The fraction of sp³-hybridized carbons (Fsp3) is 0.167. The van der Waals surface area contributed by atoms with Crippen LogP contribution in [0.15, 0.2) is 56.5 Å². The quantitative estimate of drug-likeness (QED) is 0.511. The van der Waals surface area contributed by atoms with Crippen LogP contribution in [0.2, 0.25) is 0 Å². The summed E-state index contributed by atoms with van der Waals surface area (Å²) < 4.78 is 6.63. The molecule has 2 heterocycles. The number of nitrogens with one attached hydrogen (secondary N) is 1. The maximum atomic E-state index is 12.4. The summed E-state index contributed by atoms with van der Waals surface area (Å²) in [5.74, 6) is 0.363. The summed E-state index contributed by atoms with van der Waals surface area (Å²) in [4.78, 5) is 26.6. The van der Waals surface area contributed by atoms with Crippen LogP contribution in [0.3, 0.4) is 0 Å². The molecule has 1 aliphatic rings. The van der Waals surface area contributed by atoms with Gasteiger partial charge in [-0.15, -0.1) is 0 Å². The van der Waals surface area contributed by atoms with Crippen molar-refractivity contribution in [2.75, 3.05) is 11.9 Å². The lowest BCUT2D eigenvalue weighted by atomic mass is 10.2. The highest BCUT2D eigenvalue weighted by molar-refractivity contribution is 9.10. The first-order valence-corrected chi connectivity index (χ1v) is 9.89. The van der Waals surface area contributed by atoms with E-state index in [0.29, 0.717) is 34.4 Å². The number of anilines is 1. The molecule has 2 amide bonds. The van der Waals surface area contributed by atoms with Crippen molar-refractivity contribution in [3.63, 3.8) is 0 Å². The van der Waals surface area contributed by atoms with Crippen molar-refractivity contribution < 1.29 is 14.0 Å². The largest absolute Gasteiger partial charge is 0.465 e. The molecule has 1 fully saturated rings. The first-order valence-electron chi connectivity index (χ1n) is 7.87. The summed E-state index contributed by atoms with van der Waals surface area (Å²) in [6.45, 7) is 0.409. The van der Waals surface area contributed by atoms with Gasteiger partial charge in [-0.2, -0.15) is 0 Å². The Bertz CT molecular complexity index is 865. The molecule has 0 aliphatic carbocycles. The molecule has 8 heteroatoms. The van der Waals surface area contributed by atoms with Crippen LogP contribution < -0.4 is 5.32 Å². The van der Waals surface area contributed by atoms with Gasteiger partial charge in [-0.05, 0) is 36.8 Å². The van der Waals surface area contributed by atoms with Gasteiger partial charge in [-0.1, -0.05) is 46.0 Å². The molecule has 0 bridgehead atoms. The van der Waals surface area contributed by atoms with Crippen LogP contribution in [0.5, 0.6) is 0 Å². The van der Waals surface area contributed by atoms with Crippen molar-refractivity contribution in [3.05, 3.63) is 57.8 Å². The second-order valence-corrected chi connectivity index (χ2v) is 8.10.